The molecular formula is C24H22Cl2N2O7. The van der Waals surface area contributed by atoms with E-state index in [1.54, 1.807) is 30.9 Å². The molecule has 0 aliphatic carbocycles. The summed E-state index contributed by atoms with van der Waals surface area (Å²) in [5.41, 5.74) is 2.55. The van der Waals surface area contributed by atoms with Gasteiger partial charge in [0.2, 0.25) is 0 Å². The Bertz CT molecular complexity index is 1380. The number of para-hydroxylation sites is 1. The lowest BCUT2D eigenvalue weighted by Crippen LogP contribution is -2.68. The second-order valence-corrected chi connectivity index (χ2v) is 8.52. The predicted octanol–water partition coefficient (Wildman–Crippen LogP) is -0.450. The molecule has 11 heteroatoms. The highest BCUT2D eigenvalue weighted by Gasteiger charge is 2.23. The highest BCUT2D eigenvalue weighted by atomic mass is 35.7. The number of aromatic nitrogens is 2. The van der Waals surface area contributed by atoms with Crippen molar-refractivity contribution in [3.05, 3.63) is 93.5 Å². The average Bonchev–Trinajstić information content (AvgIpc) is 2.82. The summed E-state index contributed by atoms with van der Waals surface area (Å²) in [4.78, 5) is 13.3. The fourth-order valence-corrected chi connectivity index (χ4v) is 3.82. The van der Waals surface area contributed by atoms with Crippen molar-refractivity contribution in [2.45, 2.75) is 13.5 Å². The minimum absolute atomic E-state index is 0.0663. The second kappa shape index (κ2) is 11.0. The molecule has 1 heterocycles. The number of nitrogens with zero attached hydrogens (tertiary/aromatic N) is 2. The van der Waals surface area contributed by atoms with Crippen LogP contribution in [0.1, 0.15) is 11.4 Å². The summed E-state index contributed by atoms with van der Waals surface area (Å²) in [7, 11) is -1.68. The van der Waals surface area contributed by atoms with Gasteiger partial charge in [0, 0.05) is 23.6 Å². The van der Waals surface area contributed by atoms with Gasteiger partial charge in [-0.05, 0) is 48.5 Å². The minimum Gasteiger partial charge on any atom is -0.497 e. The number of methoxy groups -OCH3 is 2. The van der Waals surface area contributed by atoms with Crippen molar-refractivity contribution >= 4 is 22.5 Å². The summed E-state index contributed by atoms with van der Waals surface area (Å²) < 4.78 is 48.7. The van der Waals surface area contributed by atoms with Crippen LogP contribution >= 0.6 is 11.6 Å². The molecule has 0 saturated carbocycles. The zero-order valence-electron chi connectivity index (χ0n) is 19.1. The summed E-state index contributed by atoms with van der Waals surface area (Å²) in [6.45, 7) is 2.48. The Kier molecular flexibility index (Phi) is 8.34. The zero-order valence-corrected chi connectivity index (χ0v) is 20.6. The van der Waals surface area contributed by atoms with Gasteiger partial charge in [0.15, 0.2) is 0 Å². The maximum absolute atomic E-state index is 13.3. The van der Waals surface area contributed by atoms with Crippen LogP contribution in [0.15, 0.2) is 71.5 Å². The van der Waals surface area contributed by atoms with Gasteiger partial charge in [0.1, 0.15) is 34.6 Å². The van der Waals surface area contributed by atoms with Crippen LogP contribution in [0.2, 0.25) is 5.02 Å². The van der Waals surface area contributed by atoms with Crippen molar-refractivity contribution < 1.29 is 42.9 Å². The van der Waals surface area contributed by atoms with E-state index in [1.165, 1.54) is 0 Å². The monoisotopic (exact) mass is 520 g/mol. The van der Waals surface area contributed by atoms with Crippen molar-refractivity contribution in [2.75, 3.05) is 14.2 Å². The second-order valence-electron chi connectivity index (χ2n) is 7.32. The summed E-state index contributed by atoms with van der Waals surface area (Å²) in [6, 6.07) is 20.7. The first kappa shape index (κ1) is 26.4. The Labute approximate surface area is 208 Å². The third-order valence-electron chi connectivity index (χ3n) is 5.25. The van der Waals surface area contributed by atoms with Crippen LogP contribution in [0, 0.1) is 17.2 Å². The molecule has 0 spiro atoms. The fraction of sp³-hybridized carbons (Fsp3) is 0.167. The first-order chi connectivity index (χ1) is 16.5. The third-order valence-corrected chi connectivity index (χ3v) is 5.50. The van der Waals surface area contributed by atoms with Crippen LogP contribution < -0.4 is 38.2 Å². The fourth-order valence-electron chi connectivity index (χ4n) is 3.70. The Balaban J connectivity index is 0.000000623. The van der Waals surface area contributed by atoms with E-state index in [-0.39, 0.29) is 5.56 Å². The Morgan fingerprint density at radius 2 is 1.57 bits per heavy atom. The molecule has 4 aromatic rings. The first-order valence-corrected chi connectivity index (χ1v) is 11.8. The lowest BCUT2D eigenvalue weighted by atomic mass is 10.1. The topological polar surface area (TPSA) is 137 Å². The zero-order chi connectivity index (χ0) is 25.8. The third kappa shape index (κ3) is 6.49. The van der Waals surface area contributed by atoms with Gasteiger partial charge >= 0.3 is 5.56 Å². The standard InChI is InChI=1S/C24H22ClN2O3.ClHO4/c1-16-26(15-17-8-13-20(29-2)14-23(17)30-3)22-7-5-4-6-21(22)24(28)27(16)19-11-9-18(25)10-12-19;2-1(3,4)5/h4-14H,15H2,1-3H3;(H,2,3,4,5)/q+1;/p-1. The van der Waals surface area contributed by atoms with Crippen LogP contribution in [-0.2, 0) is 6.54 Å². The molecule has 4 rings (SSSR count). The van der Waals surface area contributed by atoms with Crippen molar-refractivity contribution in [1.82, 2.24) is 4.57 Å². The van der Waals surface area contributed by atoms with E-state index in [9.17, 15) is 4.79 Å². The molecule has 0 radical (unpaired) electrons. The summed E-state index contributed by atoms with van der Waals surface area (Å²) in [6.07, 6.45) is 0. The number of hydrogen-bond donors (Lipinski definition) is 0. The van der Waals surface area contributed by atoms with Crippen molar-refractivity contribution in [3.8, 4) is 17.2 Å². The smallest absolute Gasteiger partial charge is 0.350 e. The molecular weight excluding hydrogens is 499 g/mol. The largest absolute Gasteiger partial charge is 0.497 e. The molecule has 0 atom stereocenters. The molecule has 0 aliphatic rings. The molecule has 1 aromatic heterocycles. The molecule has 0 unspecified atom stereocenters. The van der Waals surface area contributed by atoms with Crippen LogP contribution in [0.4, 0.5) is 0 Å². The molecule has 0 amide bonds. The quantitative estimate of drug-likeness (QED) is 0.325. The number of benzene rings is 3. The number of rotatable bonds is 5. The van der Waals surface area contributed by atoms with Crippen LogP contribution in [0.25, 0.3) is 16.6 Å². The van der Waals surface area contributed by atoms with Gasteiger partial charge in [-0.2, -0.15) is 4.57 Å². The van der Waals surface area contributed by atoms with Gasteiger partial charge in [-0.3, -0.25) is 0 Å². The van der Waals surface area contributed by atoms with Crippen LogP contribution in [0.5, 0.6) is 11.5 Å². The van der Waals surface area contributed by atoms with Crippen LogP contribution in [-0.4, -0.2) is 18.8 Å². The molecule has 3 aromatic carbocycles. The van der Waals surface area contributed by atoms with Gasteiger partial charge < -0.3 is 9.47 Å². The summed E-state index contributed by atoms with van der Waals surface area (Å²) >= 11 is 6.05. The van der Waals surface area contributed by atoms with E-state index in [2.05, 4.69) is 4.57 Å². The highest BCUT2D eigenvalue weighted by Crippen LogP contribution is 2.25. The molecule has 184 valence electrons. The molecule has 9 nitrogen and oxygen atoms in total. The number of ether oxygens (including phenoxy) is 2. The van der Waals surface area contributed by atoms with Gasteiger partial charge in [-0.1, -0.05) is 23.7 Å². The van der Waals surface area contributed by atoms with Gasteiger partial charge in [0.05, 0.1) is 14.2 Å². The number of fused-ring (bicyclic) bond motifs is 1. The summed E-state index contributed by atoms with van der Waals surface area (Å²) in [5.74, 6) is 2.27. The summed E-state index contributed by atoms with van der Waals surface area (Å²) in [5, 5.41) is 1.27. The van der Waals surface area contributed by atoms with Crippen LogP contribution in [0.3, 0.4) is 0 Å². The lowest BCUT2D eigenvalue weighted by molar-refractivity contribution is -2.00. The maximum Gasteiger partial charge on any atom is 0.350 e. The van der Waals surface area contributed by atoms with E-state index in [4.69, 9.17) is 39.7 Å². The van der Waals surface area contributed by atoms with E-state index in [0.717, 1.165) is 34.1 Å². The molecule has 0 fully saturated rings. The molecule has 0 N–H and O–H groups in total. The number of hydrogen-bond acceptors (Lipinski definition) is 7. The molecule has 0 bridgehead atoms. The normalized spacial score (nSPS) is 11.1. The van der Waals surface area contributed by atoms with Gasteiger partial charge in [-0.15, -0.1) is 10.2 Å². The minimum atomic E-state index is -4.94. The molecule has 35 heavy (non-hydrogen) atoms. The predicted molar refractivity (Wildman–Crippen MR) is 118 cm³/mol. The van der Waals surface area contributed by atoms with E-state index < -0.39 is 10.2 Å². The molecule has 0 saturated heterocycles. The lowest BCUT2D eigenvalue weighted by Gasteiger charge is -2.17. The first-order valence-electron chi connectivity index (χ1n) is 10.2. The average molecular weight is 521 g/mol. The maximum atomic E-state index is 13.3. The van der Waals surface area contributed by atoms with E-state index in [0.29, 0.717) is 17.0 Å². The van der Waals surface area contributed by atoms with E-state index in [1.807, 2.05) is 61.5 Å². The highest BCUT2D eigenvalue weighted by molar-refractivity contribution is 6.30. The SMILES string of the molecule is COc1ccc(C[n+]2c(C)n(-c3ccc(Cl)cc3)c(=O)c3ccccc32)c(OC)c1.[O-][Cl+3]([O-])([O-])[O-]. The Morgan fingerprint density at radius 1 is 0.943 bits per heavy atom. The van der Waals surface area contributed by atoms with Gasteiger partial charge in [-0.25, -0.2) is 28.0 Å². The number of halogens is 2. The van der Waals surface area contributed by atoms with E-state index >= 15 is 0 Å². The van der Waals surface area contributed by atoms with Crippen molar-refractivity contribution in [3.63, 3.8) is 0 Å². The molecule has 0 aliphatic heterocycles. The van der Waals surface area contributed by atoms with Gasteiger partial charge in [0.25, 0.3) is 5.82 Å². The Morgan fingerprint density at radius 3 is 2.17 bits per heavy atom. The Hall–Kier alpha value is -3.18. The van der Waals surface area contributed by atoms with Crippen molar-refractivity contribution in [2.24, 2.45) is 0 Å². The van der Waals surface area contributed by atoms with Crippen molar-refractivity contribution in [1.29, 1.82) is 0 Å².